The first-order chi connectivity index (χ1) is 14.7. The number of anilines is 2. The zero-order valence-corrected chi connectivity index (χ0v) is 16.2. The molecule has 0 fully saturated rings. The van der Waals surface area contributed by atoms with Crippen molar-refractivity contribution >= 4 is 28.4 Å². The molecule has 4 aromatic rings. The molecule has 0 unspecified atom stereocenters. The summed E-state index contributed by atoms with van der Waals surface area (Å²) in [4.78, 5) is 27.0. The van der Waals surface area contributed by atoms with Crippen LogP contribution in [0.15, 0.2) is 60.8 Å². The fourth-order valence-corrected chi connectivity index (χ4v) is 3.87. The third-order valence-corrected chi connectivity index (χ3v) is 5.32. The number of rotatable bonds is 5. The molecule has 0 atom stereocenters. The fourth-order valence-electron chi connectivity index (χ4n) is 3.87. The van der Waals surface area contributed by atoms with Crippen LogP contribution in [0.25, 0.3) is 11.0 Å². The Morgan fingerprint density at radius 1 is 1.17 bits per heavy atom. The minimum Gasteiger partial charge on any atom is -0.369 e. The summed E-state index contributed by atoms with van der Waals surface area (Å²) in [6.45, 7) is 1.21. The van der Waals surface area contributed by atoms with Crippen molar-refractivity contribution in [3.05, 3.63) is 83.6 Å². The van der Waals surface area contributed by atoms with Crippen LogP contribution in [0.3, 0.4) is 0 Å². The lowest BCUT2D eigenvalue weighted by molar-refractivity contribution is 0.0990. The lowest BCUT2D eigenvalue weighted by Crippen LogP contribution is -2.30. The number of hydrogen-bond acceptors (Lipinski definition) is 4. The largest absolute Gasteiger partial charge is 0.369 e. The lowest BCUT2D eigenvalue weighted by atomic mass is 10.1. The Balaban J connectivity index is 1.31. The van der Waals surface area contributed by atoms with Crippen molar-refractivity contribution < 1.29 is 9.18 Å². The Kier molecular flexibility index (Phi) is 4.63. The monoisotopic (exact) mass is 401 g/mol. The Morgan fingerprint density at radius 3 is 3.00 bits per heavy atom. The van der Waals surface area contributed by atoms with E-state index in [2.05, 4.69) is 26.3 Å². The van der Waals surface area contributed by atoms with Crippen molar-refractivity contribution in [1.29, 1.82) is 0 Å². The third kappa shape index (κ3) is 3.39. The van der Waals surface area contributed by atoms with Gasteiger partial charge in [0.1, 0.15) is 17.5 Å². The Hall–Kier alpha value is -3.74. The number of benzene rings is 2. The molecule has 2 aromatic heterocycles. The summed E-state index contributed by atoms with van der Waals surface area (Å²) in [5.41, 5.74) is 4.09. The number of aromatic nitrogens is 3. The van der Waals surface area contributed by atoms with Gasteiger partial charge in [-0.05, 0) is 48.4 Å². The number of nitrogens with one attached hydrogen (secondary N) is 2. The Labute approximate surface area is 172 Å². The van der Waals surface area contributed by atoms with Crippen LogP contribution in [0.5, 0.6) is 0 Å². The van der Waals surface area contributed by atoms with Crippen LogP contribution in [0.4, 0.5) is 15.9 Å². The predicted octanol–water partition coefficient (Wildman–Crippen LogP) is 3.95. The number of hydrogen-bond donors (Lipinski definition) is 2. The van der Waals surface area contributed by atoms with Crippen LogP contribution in [-0.4, -0.2) is 33.9 Å². The summed E-state index contributed by atoms with van der Waals surface area (Å²) < 4.78 is 13.4. The van der Waals surface area contributed by atoms with Gasteiger partial charge < -0.3 is 15.2 Å². The molecule has 2 aromatic carbocycles. The van der Waals surface area contributed by atoms with Crippen LogP contribution in [0, 0.1) is 5.82 Å². The van der Waals surface area contributed by atoms with Gasteiger partial charge in [0, 0.05) is 31.4 Å². The van der Waals surface area contributed by atoms with Gasteiger partial charge in [-0.2, -0.15) is 0 Å². The second kappa shape index (κ2) is 7.59. The van der Waals surface area contributed by atoms with E-state index in [4.69, 9.17) is 0 Å². The predicted molar refractivity (Wildman–Crippen MR) is 114 cm³/mol. The number of imidazole rings is 1. The number of fused-ring (bicyclic) bond motifs is 2. The van der Waals surface area contributed by atoms with E-state index in [-0.39, 0.29) is 11.7 Å². The maximum Gasteiger partial charge on any atom is 0.262 e. The summed E-state index contributed by atoms with van der Waals surface area (Å²) in [6, 6.07) is 16.0. The molecule has 2 N–H and O–H groups in total. The molecule has 1 aliphatic rings. The number of carbonyl (C=O) groups excluding carboxylic acids is 1. The molecule has 0 aliphatic carbocycles. The van der Waals surface area contributed by atoms with Crippen molar-refractivity contribution in [3.63, 3.8) is 0 Å². The van der Waals surface area contributed by atoms with Gasteiger partial charge >= 0.3 is 0 Å². The maximum absolute atomic E-state index is 13.4. The highest BCUT2D eigenvalue weighted by Crippen LogP contribution is 2.29. The first kappa shape index (κ1) is 18.3. The molecular weight excluding hydrogens is 381 g/mol. The molecule has 0 saturated carbocycles. The summed E-state index contributed by atoms with van der Waals surface area (Å²) in [5.74, 6) is 0.945. The Morgan fingerprint density at radius 2 is 2.07 bits per heavy atom. The molecule has 3 heterocycles. The Bertz CT molecular complexity index is 1240. The number of pyridine rings is 1. The number of aromatic amines is 1. The first-order valence-electron chi connectivity index (χ1n) is 9.92. The zero-order valence-electron chi connectivity index (χ0n) is 16.2. The summed E-state index contributed by atoms with van der Waals surface area (Å²) in [6.07, 6.45) is 3.12. The van der Waals surface area contributed by atoms with E-state index in [0.29, 0.717) is 36.4 Å². The number of carbonyl (C=O) groups is 1. The smallest absolute Gasteiger partial charge is 0.262 e. The minimum absolute atomic E-state index is 0.0604. The highest BCUT2D eigenvalue weighted by atomic mass is 19.1. The first-order valence-corrected chi connectivity index (χ1v) is 9.92. The average Bonchev–Trinajstić information content (AvgIpc) is 3.37. The van der Waals surface area contributed by atoms with Crippen molar-refractivity contribution in [2.24, 2.45) is 0 Å². The molecule has 6 nitrogen and oxygen atoms in total. The van der Waals surface area contributed by atoms with E-state index in [1.165, 1.54) is 17.7 Å². The van der Waals surface area contributed by atoms with Gasteiger partial charge in [0.25, 0.3) is 5.91 Å². The molecule has 5 rings (SSSR count). The number of amides is 1. The van der Waals surface area contributed by atoms with E-state index >= 15 is 0 Å². The molecule has 150 valence electrons. The van der Waals surface area contributed by atoms with Crippen LogP contribution < -0.4 is 10.2 Å². The number of H-pyrrole nitrogens is 1. The van der Waals surface area contributed by atoms with Gasteiger partial charge in [0.15, 0.2) is 0 Å². The van der Waals surface area contributed by atoms with Gasteiger partial charge in [0.2, 0.25) is 0 Å². The molecule has 30 heavy (non-hydrogen) atoms. The summed E-state index contributed by atoms with van der Waals surface area (Å²) in [7, 11) is 0. The highest BCUT2D eigenvalue weighted by Gasteiger charge is 2.26. The average molecular weight is 401 g/mol. The highest BCUT2D eigenvalue weighted by molar-refractivity contribution is 6.10. The van der Waals surface area contributed by atoms with Gasteiger partial charge in [-0.15, -0.1) is 0 Å². The normalized spacial score (nSPS) is 12.9. The van der Waals surface area contributed by atoms with E-state index in [1.807, 2.05) is 23.1 Å². The standard InChI is InChI=1S/C23H20FN5O/c24-16-7-8-18-19(14-16)28-21(27-18)9-12-26-22-17(5-3-11-25-22)23(30)29-13-10-15-4-1-2-6-20(15)29/h1-8,11,14H,9-10,12-13H2,(H,25,26)(H,27,28). The molecule has 0 radical (unpaired) electrons. The molecule has 0 spiro atoms. The van der Waals surface area contributed by atoms with Gasteiger partial charge in [-0.3, -0.25) is 4.79 Å². The molecule has 7 heteroatoms. The second-order valence-corrected chi connectivity index (χ2v) is 7.26. The fraction of sp³-hybridized carbons (Fsp3) is 0.174. The zero-order chi connectivity index (χ0) is 20.5. The molecule has 0 saturated heterocycles. The molecule has 1 aliphatic heterocycles. The number of para-hydroxylation sites is 1. The molecule has 0 bridgehead atoms. The summed E-state index contributed by atoms with van der Waals surface area (Å²) >= 11 is 0. The van der Waals surface area contributed by atoms with Gasteiger partial charge in [0.05, 0.1) is 16.6 Å². The van der Waals surface area contributed by atoms with Gasteiger partial charge in [-0.25, -0.2) is 14.4 Å². The molecular formula is C23H20FN5O. The van der Waals surface area contributed by atoms with E-state index in [1.54, 1.807) is 24.4 Å². The third-order valence-electron chi connectivity index (χ3n) is 5.32. The number of nitrogens with zero attached hydrogens (tertiary/aromatic N) is 3. The van der Waals surface area contributed by atoms with E-state index < -0.39 is 0 Å². The minimum atomic E-state index is -0.295. The van der Waals surface area contributed by atoms with Crippen molar-refractivity contribution in [2.45, 2.75) is 12.8 Å². The number of halogens is 1. The van der Waals surface area contributed by atoms with Crippen LogP contribution in [0.1, 0.15) is 21.7 Å². The topological polar surface area (TPSA) is 73.9 Å². The summed E-state index contributed by atoms with van der Waals surface area (Å²) in [5, 5.41) is 3.25. The van der Waals surface area contributed by atoms with Crippen LogP contribution >= 0.6 is 0 Å². The van der Waals surface area contributed by atoms with Crippen molar-refractivity contribution in [1.82, 2.24) is 15.0 Å². The molecule has 1 amide bonds. The van der Waals surface area contributed by atoms with E-state index in [9.17, 15) is 9.18 Å². The van der Waals surface area contributed by atoms with Crippen molar-refractivity contribution in [3.8, 4) is 0 Å². The van der Waals surface area contributed by atoms with Crippen LogP contribution in [-0.2, 0) is 12.8 Å². The maximum atomic E-state index is 13.4. The van der Waals surface area contributed by atoms with Crippen molar-refractivity contribution in [2.75, 3.05) is 23.3 Å². The lowest BCUT2D eigenvalue weighted by Gasteiger charge is -2.19. The van der Waals surface area contributed by atoms with Crippen LogP contribution in [0.2, 0.25) is 0 Å². The van der Waals surface area contributed by atoms with Gasteiger partial charge in [-0.1, -0.05) is 18.2 Å². The van der Waals surface area contributed by atoms with E-state index in [0.717, 1.165) is 23.4 Å². The second-order valence-electron chi connectivity index (χ2n) is 7.26. The SMILES string of the molecule is O=C(c1cccnc1NCCc1nc2ccc(F)cc2[nH]1)N1CCc2ccccc21. The quantitative estimate of drug-likeness (QED) is 0.531.